The minimum absolute atomic E-state index is 0.126. The second-order valence-electron chi connectivity index (χ2n) is 14.0. The van der Waals surface area contributed by atoms with Crippen LogP contribution in [0.2, 0.25) is 0 Å². The van der Waals surface area contributed by atoms with E-state index in [-0.39, 0.29) is 19.3 Å². The molecule has 238 valence electrons. The predicted octanol–water partition coefficient (Wildman–Crippen LogP) is 6.71. The fourth-order valence-corrected chi connectivity index (χ4v) is 3.68. The van der Waals surface area contributed by atoms with E-state index in [4.69, 9.17) is 19.8 Å². The molecule has 0 bridgehead atoms. The number of carbonyl (C=O) groups is 3. The molecule has 0 radical (unpaired) electrons. The number of aliphatic hydroxyl groups is 2. The Labute approximate surface area is 245 Å². The van der Waals surface area contributed by atoms with Crippen molar-refractivity contribution < 1.29 is 34.2 Å². The van der Waals surface area contributed by atoms with Gasteiger partial charge in [0.1, 0.15) is 0 Å². The van der Waals surface area contributed by atoms with E-state index in [9.17, 15) is 14.4 Å². The highest BCUT2D eigenvalue weighted by molar-refractivity contribution is 6.01. The maximum atomic E-state index is 11.7. The third kappa shape index (κ3) is 25.5. The molecule has 2 amide bonds. The van der Waals surface area contributed by atoms with Crippen molar-refractivity contribution in [2.24, 2.45) is 28.6 Å². The quantitative estimate of drug-likeness (QED) is 0.165. The molecule has 0 saturated carbocycles. The molecule has 1 unspecified atom stereocenters. The highest BCUT2D eigenvalue weighted by Gasteiger charge is 2.32. The van der Waals surface area contributed by atoms with E-state index in [1.807, 2.05) is 0 Å². The van der Waals surface area contributed by atoms with Gasteiger partial charge in [0.15, 0.2) is 0 Å². The number of rotatable bonds is 15. The lowest BCUT2D eigenvalue weighted by atomic mass is 9.88. The average Bonchev–Trinajstić information content (AvgIpc) is 3.11. The van der Waals surface area contributed by atoms with E-state index < -0.39 is 17.8 Å². The van der Waals surface area contributed by atoms with E-state index in [2.05, 4.69) is 69.2 Å². The first-order valence-corrected chi connectivity index (χ1v) is 15.3. The first-order chi connectivity index (χ1) is 18.4. The van der Waals surface area contributed by atoms with Gasteiger partial charge in [0, 0.05) is 45.7 Å². The molecule has 0 aromatic carbocycles. The molecule has 1 rings (SSSR count). The SMILES string of the molecule is CC(C)(C)CCO.CC(C)(C)CCO.CC(C)CC(COCCCCCCC(=O)ON1C(=O)CCC1=O)C(C)C. The molecule has 0 aliphatic carbocycles. The average molecular weight is 574 g/mol. The van der Waals surface area contributed by atoms with Crippen LogP contribution < -0.4 is 0 Å². The molecule has 0 aromatic heterocycles. The van der Waals surface area contributed by atoms with Gasteiger partial charge in [-0.3, -0.25) is 9.59 Å². The maximum Gasteiger partial charge on any atom is 0.333 e. The van der Waals surface area contributed by atoms with Crippen molar-refractivity contribution in [1.29, 1.82) is 0 Å². The zero-order valence-corrected chi connectivity index (χ0v) is 27.5. The normalized spacial score (nSPS) is 14.6. The highest BCUT2D eigenvalue weighted by Crippen LogP contribution is 2.21. The lowest BCUT2D eigenvalue weighted by molar-refractivity contribution is -0.197. The van der Waals surface area contributed by atoms with Crippen LogP contribution in [0.3, 0.4) is 0 Å². The minimum atomic E-state index is -0.515. The molecule has 1 fully saturated rings. The van der Waals surface area contributed by atoms with Crippen molar-refractivity contribution in [3.63, 3.8) is 0 Å². The Balaban J connectivity index is 0. The molecule has 8 nitrogen and oxygen atoms in total. The van der Waals surface area contributed by atoms with Gasteiger partial charge in [-0.25, -0.2) is 4.79 Å². The van der Waals surface area contributed by atoms with Crippen molar-refractivity contribution in [2.75, 3.05) is 26.4 Å². The van der Waals surface area contributed by atoms with E-state index in [1.54, 1.807) is 0 Å². The molecule has 1 aliphatic rings. The van der Waals surface area contributed by atoms with Crippen LogP contribution in [0.4, 0.5) is 0 Å². The number of imide groups is 1. The first-order valence-electron chi connectivity index (χ1n) is 15.3. The Kier molecular flexibility index (Phi) is 22.5. The lowest BCUT2D eigenvalue weighted by Gasteiger charge is -2.22. The van der Waals surface area contributed by atoms with Crippen LogP contribution in [0.5, 0.6) is 0 Å². The molecule has 40 heavy (non-hydrogen) atoms. The zero-order chi connectivity index (χ0) is 31.4. The van der Waals surface area contributed by atoms with Crippen LogP contribution in [0, 0.1) is 28.6 Å². The number of hydrogen-bond acceptors (Lipinski definition) is 7. The van der Waals surface area contributed by atoms with Crippen LogP contribution in [-0.4, -0.2) is 59.5 Å². The Morgan fingerprint density at radius 2 is 1.30 bits per heavy atom. The molecule has 1 heterocycles. The second-order valence-corrected chi connectivity index (χ2v) is 14.0. The Morgan fingerprint density at radius 1 is 0.825 bits per heavy atom. The fourth-order valence-electron chi connectivity index (χ4n) is 3.68. The maximum absolute atomic E-state index is 11.7. The summed E-state index contributed by atoms with van der Waals surface area (Å²) in [6, 6.07) is 0. The molecule has 8 heteroatoms. The fraction of sp³-hybridized carbons (Fsp3) is 0.906. The zero-order valence-electron chi connectivity index (χ0n) is 27.5. The van der Waals surface area contributed by atoms with Gasteiger partial charge in [-0.2, -0.15) is 0 Å². The van der Waals surface area contributed by atoms with Gasteiger partial charge >= 0.3 is 5.97 Å². The smallest absolute Gasteiger partial charge is 0.333 e. The molecular formula is C32H63NO7. The van der Waals surface area contributed by atoms with Gasteiger partial charge in [0.2, 0.25) is 0 Å². The van der Waals surface area contributed by atoms with Crippen molar-refractivity contribution in [3.05, 3.63) is 0 Å². The minimum Gasteiger partial charge on any atom is -0.396 e. The Bertz CT molecular complexity index is 646. The van der Waals surface area contributed by atoms with E-state index in [0.717, 1.165) is 45.3 Å². The van der Waals surface area contributed by atoms with Crippen molar-refractivity contribution in [2.45, 2.75) is 133 Å². The van der Waals surface area contributed by atoms with Gasteiger partial charge in [-0.1, -0.05) is 82.1 Å². The number of carbonyl (C=O) groups excluding carboxylic acids is 3. The third-order valence-electron chi connectivity index (χ3n) is 6.39. The summed E-state index contributed by atoms with van der Waals surface area (Å²) in [6.07, 6.45) is 7.03. The molecule has 0 aromatic rings. The predicted molar refractivity (Wildman–Crippen MR) is 161 cm³/mol. The summed E-state index contributed by atoms with van der Waals surface area (Å²) in [5, 5.41) is 17.4. The number of amides is 2. The highest BCUT2D eigenvalue weighted by atomic mass is 16.7. The van der Waals surface area contributed by atoms with E-state index in [0.29, 0.717) is 53.3 Å². The van der Waals surface area contributed by atoms with Crippen LogP contribution in [0.25, 0.3) is 0 Å². The standard InChI is InChI=1S/C20H35NO5.2C6H14O/c1-15(2)13-17(16(3)4)14-25-12-8-6-5-7-9-20(24)26-21-18(22)10-11-19(21)23;2*1-6(2,3)4-5-7/h15-17H,5-14H2,1-4H3;2*7H,4-5H2,1-3H3. The molecule has 1 aliphatic heterocycles. The summed E-state index contributed by atoms with van der Waals surface area (Å²) in [4.78, 5) is 39.2. The molecule has 0 spiro atoms. The molecule has 2 N–H and O–H groups in total. The van der Waals surface area contributed by atoms with Crippen molar-refractivity contribution >= 4 is 17.8 Å². The second kappa shape index (κ2) is 22.1. The van der Waals surface area contributed by atoms with E-state index in [1.165, 1.54) is 6.42 Å². The van der Waals surface area contributed by atoms with Crippen molar-refractivity contribution in [1.82, 2.24) is 5.06 Å². The number of hydrogen-bond donors (Lipinski definition) is 2. The van der Waals surface area contributed by atoms with Gasteiger partial charge in [0.25, 0.3) is 11.8 Å². The Hall–Kier alpha value is -1.51. The lowest BCUT2D eigenvalue weighted by Crippen LogP contribution is -2.31. The van der Waals surface area contributed by atoms with Gasteiger partial charge in [0.05, 0.1) is 0 Å². The summed E-state index contributed by atoms with van der Waals surface area (Å²) in [7, 11) is 0. The summed E-state index contributed by atoms with van der Waals surface area (Å²) >= 11 is 0. The summed E-state index contributed by atoms with van der Waals surface area (Å²) in [5.74, 6) is 0.559. The summed E-state index contributed by atoms with van der Waals surface area (Å²) in [5.41, 5.74) is 0.601. The Morgan fingerprint density at radius 3 is 1.68 bits per heavy atom. The molecular weight excluding hydrogens is 510 g/mol. The summed E-state index contributed by atoms with van der Waals surface area (Å²) in [6.45, 7) is 23.9. The van der Waals surface area contributed by atoms with Crippen LogP contribution in [0.1, 0.15) is 133 Å². The number of ether oxygens (including phenoxy) is 1. The third-order valence-corrected chi connectivity index (χ3v) is 6.39. The first kappa shape index (κ1) is 40.6. The van der Waals surface area contributed by atoms with Gasteiger partial charge in [-0.15, -0.1) is 5.06 Å². The van der Waals surface area contributed by atoms with E-state index >= 15 is 0 Å². The number of aliphatic hydroxyl groups excluding tert-OH is 2. The van der Waals surface area contributed by atoms with Crippen LogP contribution in [0.15, 0.2) is 0 Å². The summed E-state index contributed by atoms with van der Waals surface area (Å²) < 4.78 is 5.82. The molecule has 1 atom stereocenters. The number of nitrogens with zero attached hydrogens (tertiary/aromatic N) is 1. The molecule has 1 saturated heterocycles. The van der Waals surface area contributed by atoms with Crippen LogP contribution in [-0.2, 0) is 24.0 Å². The monoisotopic (exact) mass is 573 g/mol. The van der Waals surface area contributed by atoms with Gasteiger partial charge < -0.3 is 19.8 Å². The largest absolute Gasteiger partial charge is 0.396 e. The van der Waals surface area contributed by atoms with Crippen molar-refractivity contribution in [3.8, 4) is 0 Å². The number of hydroxylamine groups is 2. The van der Waals surface area contributed by atoms with Gasteiger partial charge in [-0.05, 0) is 60.7 Å². The number of unbranched alkanes of at least 4 members (excludes halogenated alkanes) is 3. The van der Waals surface area contributed by atoms with Crippen LogP contribution >= 0.6 is 0 Å². The topological polar surface area (TPSA) is 113 Å².